The van der Waals surface area contributed by atoms with Crippen molar-refractivity contribution in [3.05, 3.63) is 76.7 Å². The fourth-order valence-electron chi connectivity index (χ4n) is 9.81. The van der Waals surface area contributed by atoms with Crippen molar-refractivity contribution in [3.8, 4) is 17.2 Å². The lowest BCUT2D eigenvalue weighted by Gasteiger charge is -2.45. The number of halogens is 2. The Morgan fingerprint density at radius 1 is 0.857 bits per heavy atom. The fourth-order valence-corrected chi connectivity index (χ4v) is 11.6. The van der Waals surface area contributed by atoms with Crippen LogP contribution in [0.15, 0.2) is 64.3 Å². The second-order valence-electron chi connectivity index (χ2n) is 19.1. The van der Waals surface area contributed by atoms with E-state index >= 15 is 0 Å². The summed E-state index contributed by atoms with van der Waals surface area (Å²) < 4.78 is 46.4. The highest BCUT2D eigenvalue weighted by molar-refractivity contribution is 7.99. The molecule has 21 nitrogen and oxygen atoms in total. The maximum atomic E-state index is 13.7. The maximum absolute atomic E-state index is 13.7. The summed E-state index contributed by atoms with van der Waals surface area (Å²) in [7, 11) is 3.50. The molecule has 17 atom stereocenters. The molecule has 1 aromatic heterocycles. The van der Waals surface area contributed by atoms with Crippen LogP contribution < -0.4 is 30.3 Å². The summed E-state index contributed by atoms with van der Waals surface area (Å²) >= 11 is 15.2. The molecule has 77 heavy (non-hydrogen) atoms. The molecule has 0 spiro atoms. The number of aliphatic hydroxyl groups excluding tert-OH is 5. The summed E-state index contributed by atoms with van der Waals surface area (Å²) in [6.45, 7) is 8.03. The van der Waals surface area contributed by atoms with E-state index < -0.39 is 143 Å². The minimum atomic E-state index is -1.70. The van der Waals surface area contributed by atoms with Crippen molar-refractivity contribution in [2.24, 2.45) is 5.92 Å². The molecular weight excluding hydrogens is 1090 g/mol. The predicted molar refractivity (Wildman–Crippen MR) is 288 cm³/mol. The number of amides is 1. The van der Waals surface area contributed by atoms with Crippen molar-refractivity contribution in [1.29, 1.82) is 0 Å². The van der Waals surface area contributed by atoms with Gasteiger partial charge < -0.3 is 73.7 Å². The van der Waals surface area contributed by atoms with Crippen LogP contribution in [0.25, 0.3) is 11.0 Å². The van der Waals surface area contributed by atoms with Crippen molar-refractivity contribution in [3.63, 3.8) is 0 Å². The van der Waals surface area contributed by atoms with Gasteiger partial charge in [-0.2, -0.15) is 0 Å². The lowest BCUT2D eigenvalue weighted by atomic mass is 9.92. The number of carbonyl (C=O) groups is 4. The molecule has 0 radical (unpaired) electrons. The molecule has 3 fully saturated rings. The number of alkyl halides is 2. The van der Waals surface area contributed by atoms with Crippen LogP contribution in [-0.2, 0) is 28.5 Å². The van der Waals surface area contributed by atoms with Gasteiger partial charge in [0.1, 0.15) is 101 Å². The zero-order valence-electron chi connectivity index (χ0n) is 43.7. The molecule has 7 N–H and O–H groups in total. The number of ether oxygens (including phenoxy) is 7. The molecule has 17 unspecified atom stereocenters. The fraction of sp³-hybridized carbons (Fsp3) is 0.596. The number of benzene rings is 2. The van der Waals surface area contributed by atoms with Crippen LogP contribution in [0.2, 0.25) is 0 Å². The van der Waals surface area contributed by atoms with Gasteiger partial charge in [0.2, 0.25) is 11.7 Å². The number of carbonyl (C=O) groups excluding carboxylic acids is 4. The number of ketones is 1. The van der Waals surface area contributed by atoms with Gasteiger partial charge in [-0.3, -0.25) is 19.3 Å². The van der Waals surface area contributed by atoms with Crippen molar-refractivity contribution in [2.75, 3.05) is 53.0 Å². The summed E-state index contributed by atoms with van der Waals surface area (Å²) in [5.41, 5.74) is -2.90. The Labute approximate surface area is 464 Å². The molecule has 2 aromatic carbocycles. The number of likely N-dealkylation sites (N-methyl/N-ethyl adjacent to an activating group) is 2. The largest absolute Gasteiger partial charge is 0.490 e. The molecule has 4 heterocycles. The standard InChI is InChI=1S/C52H69Cl2N3O18S2/c1-9-13-26-18-28(57(6)20-26)49(66)56-40(25(4)54)46-42(63)48(44(65)52(75-46)77-8)73-50(67)35-19-30(60)38-33(16-12-17-34(38)71-35)69-22-27(58)21-68-31-14-11-15-32(37(31)29(59)10-2)70-23-36(61)72-47-41(62)45(39(55-5)24(3)53)74-51(76-7)43(47)64/h10-12,14-17,19,24-28,39-48,51-52,55,58,62-65H,2,9,13,18,20-23H2,1,3-8H3,(H,56,66). The molecule has 3 aromatic rings. The first-order chi connectivity index (χ1) is 36.7. The van der Waals surface area contributed by atoms with Crippen molar-refractivity contribution < 1.29 is 82.3 Å². The zero-order chi connectivity index (χ0) is 56.4. The second-order valence-corrected chi connectivity index (χ2v) is 22.4. The molecule has 3 aliphatic rings. The van der Waals surface area contributed by atoms with Gasteiger partial charge in [-0.05, 0) is 89.6 Å². The lowest BCUT2D eigenvalue weighted by Crippen LogP contribution is -2.65. The van der Waals surface area contributed by atoms with E-state index in [9.17, 15) is 49.5 Å². The zero-order valence-corrected chi connectivity index (χ0v) is 46.8. The van der Waals surface area contributed by atoms with E-state index in [1.165, 1.54) is 36.4 Å². The molecule has 426 valence electrons. The Balaban J connectivity index is 1.09. The Morgan fingerprint density at radius 3 is 1.99 bits per heavy atom. The van der Waals surface area contributed by atoms with Crippen LogP contribution in [0.5, 0.6) is 17.2 Å². The van der Waals surface area contributed by atoms with Crippen LogP contribution >= 0.6 is 46.7 Å². The van der Waals surface area contributed by atoms with E-state index in [1.54, 1.807) is 33.4 Å². The Morgan fingerprint density at radius 2 is 1.42 bits per heavy atom. The normalized spacial score (nSPS) is 28.6. The average Bonchev–Trinajstić information content (AvgIpc) is 3.79. The topological polar surface area (TPSA) is 292 Å². The van der Waals surface area contributed by atoms with Gasteiger partial charge in [0.05, 0.1) is 23.5 Å². The lowest BCUT2D eigenvalue weighted by molar-refractivity contribution is -0.220. The van der Waals surface area contributed by atoms with E-state index in [1.807, 2.05) is 11.9 Å². The number of aliphatic hydroxyl groups is 5. The first-order valence-electron chi connectivity index (χ1n) is 25.1. The number of allylic oxidation sites excluding steroid dienone is 1. The number of rotatable bonds is 25. The van der Waals surface area contributed by atoms with Crippen molar-refractivity contribution >= 4 is 81.3 Å². The van der Waals surface area contributed by atoms with E-state index in [2.05, 4.69) is 24.1 Å². The van der Waals surface area contributed by atoms with Gasteiger partial charge in [0.15, 0.2) is 30.0 Å². The number of fused-ring (bicyclic) bond motifs is 1. The highest BCUT2D eigenvalue weighted by atomic mass is 35.5. The number of likely N-dealkylation sites (tertiary alicyclic amines) is 1. The molecule has 0 bridgehead atoms. The summed E-state index contributed by atoms with van der Waals surface area (Å²) in [4.78, 5) is 69.3. The summed E-state index contributed by atoms with van der Waals surface area (Å²) in [5.74, 6) is -3.58. The Kier molecular flexibility index (Phi) is 22.8. The Bertz CT molecular complexity index is 2580. The third-order valence-electron chi connectivity index (χ3n) is 13.7. The maximum Gasteiger partial charge on any atom is 0.374 e. The summed E-state index contributed by atoms with van der Waals surface area (Å²) in [6.07, 6.45) is -5.83. The monoisotopic (exact) mass is 1160 g/mol. The molecule has 0 aliphatic carbocycles. The molecule has 3 saturated heterocycles. The first kappa shape index (κ1) is 62.0. The Hall–Kier alpha value is -4.21. The first-order valence-corrected chi connectivity index (χ1v) is 28.5. The minimum Gasteiger partial charge on any atom is -0.490 e. The van der Waals surface area contributed by atoms with Crippen LogP contribution in [0.1, 0.15) is 60.9 Å². The third kappa shape index (κ3) is 14.8. The van der Waals surface area contributed by atoms with E-state index in [4.69, 9.17) is 60.8 Å². The van der Waals surface area contributed by atoms with Gasteiger partial charge in [-0.1, -0.05) is 32.1 Å². The number of hydrogen-bond acceptors (Lipinski definition) is 22. The van der Waals surface area contributed by atoms with Crippen LogP contribution in [0.4, 0.5) is 0 Å². The van der Waals surface area contributed by atoms with Crippen molar-refractivity contribution in [1.82, 2.24) is 15.5 Å². The number of nitrogens with zero attached hydrogens (tertiary/aromatic N) is 1. The van der Waals surface area contributed by atoms with Gasteiger partial charge in [-0.15, -0.1) is 46.7 Å². The molecule has 25 heteroatoms. The quantitative estimate of drug-likeness (QED) is 0.0278. The summed E-state index contributed by atoms with van der Waals surface area (Å²) in [5, 5.41) is 60.5. The number of nitrogens with one attached hydrogen (secondary N) is 2. The predicted octanol–water partition coefficient (Wildman–Crippen LogP) is 2.86. The van der Waals surface area contributed by atoms with E-state index in [-0.39, 0.29) is 39.7 Å². The van der Waals surface area contributed by atoms with Gasteiger partial charge >= 0.3 is 11.9 Å². The van der Waals surface area contributed by atoms with Crippen LogP contribution in [0.3, 0.4) is 0 Å². The number of hydrogen-bond donors (Lipinski definition) is 7. The SMILES string of the molecule is C=CC(=O)c1c(OCC(=O)OC2C(O)C(SC)OC(C(NC)C(C)Cl)C2O)cccc1OCC(O)COc1cccc2oc(C(=O)OC3C(O)C(SC)OC(C(NC(=O)C4CC(CCC)CN4C)C(C)Cl)C3O)cc(=O)c12. The number of thioether (sulfide) groups is 2. The molecule has 1 amide bonds. The highest BCUT2D eigenvalue weighted by Gasteiger charge is 2.52. The molecule has 6 rings (SSSR count). The van der Waals surface area contributed by atoms with Gasteiger partial charge in [0.25, 0.3) is 0 Å². The van der Waals surface area contributed by atoms with E-state index in [0.717, 1.165) is 55.1 Å². The van der Waals surface area contributed by atoms with E-state index in [0.29, 0.717) is 12.3 Å². The molecule has 3 aliphatic heterocycles. The number of esters is 2. The second kappa shape index (κ2) is 28.3. The smallest absolute Gasteiger partial charge is 0.374 e. The third-order valence-corrected chi connectivity index (χ3v) is 15.9. The van der Waals surface area contributed by atoms with Gasteiger partial charge in [0, 0.05) is 18.0 Å². The highest BCUT2D eigenvalue weighted by Crippen LogP contribution is 2.36. The van der Waals surface area contributed by atoms with Gasteiger partial charge in [-0.25, -0.2) is 9.59 Å². The average molecular weight is 1160 g/mol. The summed E-state index contributed by atoms with van der Waals surface area (Å²) in [6, 6.07) is 7.43. The molecule has 0 saturated carbocycles. The van der Waals surface area contributed by atoms with Crippen LogP contribution in [-0.4, -0.2) is 202 Å². The van der Waals surface area contributed by atoms with Crippen LogP contribution in [0, 0.1) is 5.92 Å². The van der Waals surface area contributed by atoms with Crippen molar-refractivity contribution in [2.45, 2.75) is 135 Å². The molecular formula is C52H69Cl2N3O18S2. The minimum absolute atomic E-state index is 0.0374.